The lowest BCUT2D eigenvalue weighted by molar-refractivity contribution is -0.117. The molecule has 5 rings (SSSR count). The number of nitrogens with one attached hydrogen (secondary N) is 2. The van der Waals surface area contributed by atoms with Crippen LogP contribution in [-0.4, -0.2) is 23.9 Å². The number of hydrogen-bond acceptors (Lipinski definition) is 6. The van der Waals surface area contributed by atoms with Crippen molar-refractivity contribution in [3.8, 4) is 17.2 Å². The van der Waals surface area contributed by atoms with Gasteiger partial charge in [-0.15, -0.1) is 0 Å². The maximum Gasteiger partial charge on any atom is 0.229 e. The Bertz CT molecular complexity index is 1420. The lowest BCUT2D eigenvalue weighted by Crippen LogP contribution is -2.15. The Labute approximate surface area is 204 Å². The zero-order valence-corrected chi connectivity index (χ0v) is 19.7. The van der Waals surface area contributed by atoms with Crippen LogP contribution in [0.5, 0.6) is 17.2 Å². The Morgan fingerprint density at radius 3 is 2.63 bits per heavy atom. The Kier molecular flexibility index (Phi) is 6.33. The largest absolute Gasteiger partial charge is 0.497 e. The highest BCUT2D eigenvalue weighted by Gasteiger charge is 2.30. The fourth-order valence-electron chi connectivity index (χ4n) is 3.54. The van der Waals surface area contributed by atoms with Crippen LogP contribution in [0.1, 0.15) is 18.4 Å². The van der Waals surface area contributed by atoms with Crippen molar-refractivity contribution in [2.45, 2.75) is 19.3 Å². The number of amides is 2. The van der Waals surface area contributed by atoms with Crippen molar-refractivity contribution in [3.05, 3.63) is 72.0 Å². The van der Waals surface area contributed by atoms with E-state index in [1.807, 2.05) is 6.07 Å². The number of hydrogen-bond donors (Lipinski definition) is 2. The molecule has 2 amide bonds. The molecule has 1 aliphatic rings. The molecular formula is C26H22FN3O4S. The van der Waals surface area contributed by atoms with Crippen molar-refractivity contribution in [2.24, 2.45) is 5.92 Å². The van der Waals surface area contributed by atoms with Gasteiger partial charge in [-0.2, -0.15) is 0 Å². The molecule has 0 atom stereocenters. The molecule has 4 aromatic rings. The highest BCUT2D eigenvalue weighted by atomic mass is 32.1. The summed E-state index contributed by atoms with van der Waals surface area (Å²) in [5.41, 5.74) is 1.53. The van der Waals surface area contributed by atoms with E-state index >= 15 is 0 Å². The van der Waals surface area contributed by atoms with Crippen molar-refractivity contribution >= 4 is 44.2 Å². The quantitative estimate of drug-likeness (QED) is 0.327. The van der Waals surface area contributed by atoms with Crippen LogP contribution in [0.4, 0.5) is 15.2 Å². The number of fused-ring (bicyclic) bond motifs is 1. The lowest BCUT2D eigenvalue weighted by Gasteiger charge is -2.10. The Morgan fingerprint density at radius 1 is 1.03 bits per heavy atom. The maximum absolute atomic E-state index is 14.4. The number of aromatic nitrogens is 1. The molecule has 2 N–H and O–H groups in total. The van der Waals surface area contributed by atoms with Gasteiger partial charge in [-0.05, 0) is 54.8 Å². The molecule has 0 radical (unpaired) electrons. The zero-order chi connectivity index (χ0) is 24.4. The van der Waals surface area contributed by atoms with Crippen LogP contribution < -0.4 is 20.1 Å². The van der Waals surface area contributed by atoms with E-state index in [2.05, 4.69) is 15.6 Å². The summed E-state index contributed by atoms with van der Waals surface area (Å²) in [6.07, 6.45) is 1.93. The number of halogens is 1. The number of anilines is 2. The Hall–Kier alpha value is -3.98. The van der Waals surface area contributed by atoms with Gasteiger partial charge < -0.3 is 20.1 Å². The lowest BCUT2D eigenvalue weighted by atomic mass is 10.1. The van der Waals surface area contributed by atoms with E-state index in [1.54, 1.807) is 43.5 Å². The number of rotatable bonds is 8. The minimum Gasteiger partial charge on any atom is -0.497 e. The van der Waals surface area contributed by atoms with E-state index in [9.17, 15) is 14.0 Å². The molecule has 9 heteroatoms. The Balaban J connectivity index is 1.27. The summed E-state index contributed by atoms with van der Waals surface area (Å²) in [4.78, 5) is 28.9. The number of carbonyl (C=O) groups excluding carboxylic acids is 2. The van der Waals surface area contributed by atoms with Gasteiger partial charge >= 0.3 is 0 Å². The summed E-state index contributed by atoms with van der Waals surface area (Å²) in [7, 11) is 1.55. The first-order valence-corrected chi connectivity index (χ1v) is 11.9. The van der Waals surface area contributed by atoms with Crippen LogP contribution in [0, 0.1) is 11.7 Å². The molecule has 35 heavy (non-hydrogen) atoms. The molecule has 1 saturated carbocycles. The minimum atomic E-state index is -0.565. The predicted molar refractivity (Wildman–Crippen MR) is 133 cm³/mol. The van der Waals surface area contributed by atoms with Gasteiger partial charge in [0.15, 0.2) is 5.13 Å². The summed E-state index contributed by atoms with van der Waals surface area (Å²) in [6.45, 7) is 0. The zero-order valence-electron chi connectivity index (χ0n) is 18.8. The highest BCUT2D eigenvalue weighted by Crippen LogP contribution is 2.34. The van der Waals surface area contributed by atoms with Crippen LogP contribution in [0.2, 0.25) is 0 Å². The predicted octanol–water partition coefficient (Wildman–Crippen LogP) is 5.77. The Morgan fingerprint density at radius 2 is 1.83 bits per heavy atom. The normalized spacial score (nSPS) is 12.9. The SMILES string of the molecule is COc1cccc(CC(=O)Nc2cc(Oc3ccc4nc(NC(=O)C5CC5)sc4c3)ccc2F)c1. The van der Waals surface area contributed by atoms with Crippen molar-refractivity contribution in [1.82, 2.24) is 4.98 Å². The van der Waals surface area contributed by atoms with E-state index < -0.39 is 5.82 Å². The number of ether oxygens (including phenoxy) is 2. The third kappa shape index (κ3) is 5.58. The second-order valence-corrected chi connectivity index (χ2v) is 9.26. The summed E-state index contributed by atoms with van der Waals surface area (Å²) in [5.74, 6) is 0.728. The van der Waals surface area contributed by atoms with Gasteiger partial charge in [0.25, 0.3) is 0 Å². The molecule has 0 unspecified atom stereocenters. The number of nitrogens with zero attached hydrogens (tertiary/aromatic N) is 1. The summed E-state index contributed by atoms with van der Waals surface area (Å²) in [6, 6.07) is 16.7. The van der Waals surface area contributed by atoms with Crippen molar-refractivity contribution in [3.63, 3.8) is 0 Å². The second-order valence-electron chi connectivity index (χ2n) is 8.23. The van der Waals surface area contributed by atoms with Crippen LogP contribution in [0.15, 0.2) is 60.7 Å². The van der Waals surface area contributed by atoms with Crippen molar-refractivity contribution in [2.75, 3.05) is 17.7 Å². The highest BCUT2D eigenvalue weighted by molar-refractivity contribution is 7.22. The van der Waals surface area contributed by atoms with Crippen LogP contribution in [0.25, 0.3) is 10.2 Å². The van der Waals surface area contributed by atoms with Gasteiger partial charge in [0, 0.05) is 18.1 Å². The molecule has 0 saturated heterocycles. The summed E-state index contributed by atoms with van der Waals surface area (Å²) in [5, 5.41) is 6.01. The van der Waals surface area contributed by atoms with Crippen molar-refractivity contribution in [1.29, 1.82) is 0 Å². The van der Waals surface area contributed by atoms with Gasteiger partial charge in [0.1, 0.15) is 23.1 Å². The molecule has 0 spiro atoms. The maximum atomic E-state index is 14.4. The first-order valence-electron chi connectivity index (χ1n) is 11.1. The molecule has 0 bridgehead atoms. The molecular weight excluding hydrogens is 469 g/mol. The van der Waals surface area contributed by atoms with E-state index in [0.717, 1.165) is 28.6 Å². The van der Waals surface area contributed by atoms with Gasteiger partial charge in [0.05, 0.1) is 29.4 Å². The van der Waals surface area contributed by atoms with Gasteiger partial charge in [-0.3, -0.25) is 9.59 Å². The molecule has 1 fully saturated rings. The van der Waals surface area contributed by atoms with Crippen molar-refractivity contribution < 1.29 is 23.5 Å². The fourth-order valence-corrected chi connectivity index (χ4v) is 4.43. The van der Waals surface area contributed by atoms with Gasteiger partial charge in [0.2, 0.25) is 11.8 Å². The summed E-state index contributed by atoms with van der Waals surface area (Å²) < 4.78 is 26.3. The smallest absolute Gasteiger partial charge is 0.229 e. The van der Waals surface area contributed by atoms with E-state index in [-0.39, 0.29) is 29.8 Å². The molecule has 178 valence electrons. The van der Waals surface area contributed by atoms with Crippen LogP contribution >= 0.6 is 11.3 Å². The topological polar surface area (TPSA) is 89.6 Å². The number of benzene rings is 3. The minimum absolute atomic E-state index is 0.00724. The molecule has 1 aliphatic carbocycles. The monoisotopic (exact) mass is 491 g/mol. The average molecular weight is 492 g/mol. The first-order chi connectivity index (χ1) is 17.0. The molecule has 3 aromatic carbocycles. The van der Waals surface area contributed by atoms with Gasteiger partial charge in [-0.25, -0.2) is 9.37 Å². The molecule has 1 heterocycles. The van der Waals surface area contributed by atoms with Gasteiger partial charge in [-0.1, -0.05) is 23.5 Å². The standard InChI is InChI=1S/C26H22FN3O4S/c1-33-17-4-2-3-15(11-17)12-24(31)28-22-13-18(7-9-20(22)27)34-19-8-10-21-23(14-19)35-26(29-21)30-25(32)16-5-6-16/h2-4,7-11,13-14,16H,5-6,12H2,1H3,(H,28,31)(H,29,30,32). The fraction of sp³-hybridized carbons (Fsp3) is 0.192. The number of carbonyl (C=O) groups is 2. The van der Waals surface area contributed by atoms with E-state index in [0.29, 0.717) is 22.4 Å². The molecule has 1 aromatic heterocycles. The third-order valence-electron chi connectivity index (χ3n) is 5.48. The van der Waals surface area contributed by atoms with E-state index in [1.165, 1.54) is 29.5 Å². The van der Waals surface area contributed by atoms with E-state index in [4.69, 9.17) is 9.47 Å². The summed E-state index contributed by atoms with van der Waals surface area (Å²) >= 11 is 1.36. The molecule has 0 aliphatic heterocycles. The number of methoxy groups -OCH3 is 1. The number of thiazole rings is 1. The second kappa shape index (κ2) is 9.71. The molecule has 7 nitrogen and oxygen atoms in total. The third-order valence-corrected chi connectivity index (χ3v) is 6.42. The first kappa shape index (κ1) is 22.8. The average Bonchev–Trinajstić information content (AvgIpc) is 3.62. The van der Waals surface area contributed by atoms with Crippen LogP contribution in [-0.2, 0) is 16.0 Å². The van der Waals surface area contributed by atoms with Crippen LogP contribution in [0.3, 0.4) is 0 Å².